The van der Waals surface area contributed by atoms with Gasteiger partial charge >= 0.3 is 0 Å². The number of nitrogens with zero attached hydrogens (tertiary/aromatic N) is 5. The molecule has 0 amide bonds. The maximum Gasteiger partial charge on any atom is 0.191 e. The lowest BCUT2D eigenvalue weighted by atomic mass is 10.3. The van der Waals surface area contributed by atoms with Crippen molar-refractivity contribution in [1.29, 1.82) is 0 Å². The minimum Gasteiger partial charge on any atom is -0.370 e. The molecule has 2 rings (SSSR count). The molecule has 0 saturated heterocycles. The Bertz CT molecular complexity index is 643. The number of hydrogen-bond acceptors (Lipinski definition) is 3. The van der Waals surface area contributed by atoms with Gasteiger partial charge < -0.3 is 10.6 Å². The van der Waals surface area contributed by atoms with E-state index in [1.165, 1.54) is 0 Å². The van der Waals surface area contributed by atoms with Crippen LogP contribution in [0.1, 0.15) is 30.8 Å². The molecule has 7 heteroatoms. The SMILES string of the molecule is CCN(CC)C(N)=NCc1ccc(-n2nc(C)cc2C)nc1.I. The third-order valence-corrected chi connectivity index (χ3v) is 3.55. The summed E-state index contributed by atoms with van der Waals surface area (Å²) in [6.45, 7) is 10.4. The lowest BCUT2D eigenvalue weighted by Gasteiger charge is -2.19. The summed E-state index contributed by atoms with van der Waals surface area (Å²) in [5, 5.41) is 4.43. The van der Waals surface area contributed by atoms with Crippen LogP contribution in [0.2, 0.25) is 0 Å². The molecule has 23 heavy (non-hydrogen) atoms. The van der Waals surface area contributed by atoms with Gasteiger partial charge in [-0.2, -0.15) is 5.10 Å². The Balaban J connectivity index is 0.00000264. The molecule has 0 aliphatic heterocycles. The molecule has 0 aliphatic carbocycles. The van der Waals surface area contributed by atoms with Crippen LogP contribution in [0, 0.1) is 13.8 Å². The van der Waals surface area contributed by atoms with Crippen molar-refractivity contribution < 1.29 is 0 Å². The van der Waals surface area contributed by atoms with E-state index >= 15 is 0 Å². The minimum absolute atomic E-state index is 0. The molecule has 2 heterocycles. The Labute approximate surface area is 154 Å². The third-order valence-electron chi connectivity index (χ3n) is 3.55. The van der Waals surface area contributed by atoms with Crippen LogP contribution in [0.15, 0.2) is 29.4 Å². The van der Waals surface area contributed by atoms with E-state index in [1.807, 2.05) is 47.8 Å². The molecule has 0 spiro atoms. The summed E-state index contributed by atoms with van der Waals surface area (Å²) in [5.41, 5.74) is 9.06. The molecule has 126 valence electrons. The van der Waals surface area contributed by atoms with Gasteiger partial charge in [-0.3, -0.25) is 0 Å². The van der Waals surface area contributed by atoms with E-state index in [0.29, 0.717) is 12.5 Å². The fourth-order valence-electron chi connectivity index (χ4n) is 2.32. The van der Waals surface area contributed by atoms with Crippen LogP contribution in [0.25, 0.3) is 5.82 Å². The first-order valence-electron chi connectivity index (χ1n) is 7.58. The van der Waals surface area contributed by atoms with Crippen LogP contribution in [0.3, 0.4) is 0 Å². The zero-order chi connectivity index (χ0) is 16.1. The summed E-state index contributed by atoms with van der Waals surface area (Å²) in [7, 11) is 0. The lowest BCUT2D eigenvalue weighted by molar-refractivity contribution is 0.458. The van der Waals surface area contributed by atoms with Crippen molar-refractivity contribution in [3.8, 4) is 5.82 Å². The predicted octanol–water partition coefficient (Wildman–Crippen LogP) is 2.66. The average Bonchev–Trinajstić information content (AvgIpc) is 2.85. The molecule has 2 N–H and O–H groups in total. The number of rotatable bonds is 5. The monoisotopic (exact) mass is 428 g/mol. The van der Waals surface area contributed by atoms with Crippen LogP contribution in [-0.4, -0.2) is 38.7 Å². The largest absolute Gasteiger partial charge is 0.370 e. The molecule has 6 nitrogen and oxygen atoms in total. The van der Waals surface area contributed by atoms with Gasteiger partial charge in [-0.15, -0.1) is 24.0 Å². The molecule has 0 bridgehead atoms. The van der Waals surface area contributed by atoms with E-state index in [-0.39, 0.29) is 24.0 Å². The summed E-state index contributed by atoms with van der Waals surface area (Å²) in [6.07, 6.45) is 1.82. The number of nitrogens with two attached hydrogens (primary N) is 1. The van der Waals surface area contributed by atoms with Gasteiger partial charge in [0.05, 0.1) is 12.2 Å². The van der Waals surface area contributed by atoms with Crippen molar-refractivity contribution in [3.63, 3.8) is 0 Å². The highest BCUT2D eigenvalue weighted by atomic mass is 127. The summed E-state index contributed by atoms with van der Waals surface area (Å²) in [5.74, 6) is 1.39. The average molecular weight is 428 g/mol. The first-order chi connectivity index (χ1) is 10.5. The van der Waals surface area contributed by atoms with Crippen molar-refractivity contribution in [2.24, 2.45) is 10.7 Å². The van der Waals surface area contributed by atoms with Crippen molar-refractivity contribution in [1.82, 2.24) is 19.7 Å². The van der Waals surface area contributed by atoms with Crippen LogP contribution in [-0.2, 0) is 6.54 Å². The molecule has 2 aromatic rings. The maximum atomic E-state index is 5.97. The normalized spacial score (nSPS) is 11.2. The van der Waals surface area contributed by atoms with Gasteiger partial charge in [0.15, 0.2) is 11.8 Å². The molecule has 0 aromatic carbocycles. The van der Waals surface area contributed by atoms with Crippen molar-refractivity contribution in [2.45, 2.75) is 34.2 Å². The van der Waals surface area contributed by atoms with E-state index in [0.717, 1.165) is 35.9 Å². The summed E-state index contributed by atoms with van der Waals surface area (Å²) in [6, 6.07) is 6.00. The van der Waals surface area contributed by atoms with E-state index < -0.39 is 0 Å². The van der Waals surface area contributed by atoms with Gasteiger partial charge in [-0.05, 0) is 45.4 Å². The van der Waals surface area contributed by atoms with E-state index in [1.54, 1.807) is 0 Å². The maximum absolute atomic E-state index is 5.97. The summed E-state index contributed by atoms with van der Waals surface area (Å²) >= 11 is 0. The molecule has 0 saturated carbocycles. The molecule has 0 aliphatic rings. The quantitative estimate of drug-likeness (QED) is 0.452. The Morgan fingerprint density at radius 3 is 2.43 bits per heavy atom. The second kappa shape index (κ2) is 8.85. The summed E-state index contributed by atoms with van der Waals surface area (Å²) < 4.78 is 1.84. The molecule has 0 unspecified atom stereocenters. The number of aryl methyl sites for hydroxylation is 2. The molecular weight excluding hydrogens is 403 g/mol. The highest BCUT2D eigenvalue weighted by molar-refractivity contribution is 14.0. The fraction of sp³-hybridized carbons (Fsp3) is 0.438. The number of halogens is 1. The highest BCUT2D eigenvalue weighted by Crippen LogP contribution is 2.10. The Morgan fingerprint density at radius 1 is 1.26 bits per heavy atom. The second-order valence-electron chi connectivity index (χ2n) is 5.21. The smallest absolute Gasteiger partial charge is 0.191 e. The van der Waals surface area contributed by atoms with E-state index in [9.17, 15) is 0 Å². The Morgan fingerprint density at radius 2 is 1.96 bits per heavy atom. The summed E-state index contributed by atoms with van der Waals surface area (Å²) in [4.78, 5) is 10.9. The first-order valence-corrected chi connectivity index (χ1v) is 7.58. The molecule has 2 aromatic heterocycles. The van der Waals surface area contributed by atoms with Crippen LogP contribution >= 0.6 is 24.0 Å². The standard InChI is InChI=1S/C16H24N6.HI/c1-5-21(6-2)16(17)19-11-14-7-8-15(18-10-14)22-13(4)9-12(3)20-22;/h7-10H,5-6,11H2,1-4H3,(H2,17,19);1H. The number of hydrogen-bond donors (Lipinski definition) is 1. The van der Waals surface area contributed by atoms with E-state index in [2.05, 4.69) is 28.9 Å². The van der Waals surface area contributed by atoms with Gasteiger partial charge in [-0.1, -0.05) is 6.07 Å². The number of aromatic nitrogens is 3. The number of guanidine groups is 1. The Hall–Kier alpha value is -1.64. The second-order valence-corrected chi connectivity index (χ2v) is 5.21. The van der Waals surface area contributed by atoms with Gasteiger partial charge in [0.2, 0.25) is 0 Å². The van der Waals surface area contributed by atoms with Gasteiger partial charge in [-0.25, -0.2) is 14.7 Å². The third kappa shape index (κ3) is 4.92. The first kappa shape index (κ1) is 19.4. The van der Waals surface area contributed by atoms with Crippen molar-refractivity contribution in [3.05, 3.63) is 41.3 Å². The zero-order valence-corrected chi connectivity index (χ0v) is 16.5. The fourth-order valence-corrected chi connectivity index (χ4v) is 2.32. The van der Waals surface area contributed by atoms with Gasteiger partial charge in [0, 0.05) is 25.0 Å². The van der Waals surface area contributed by atoms with E-state index in [4.69, 9.17) is 5.73 Å². The van der Waals surface area contributed by atoms with Gasteiger partial charge in [0.1, 0.15) is 0 Å². The molecule has 0 fully saturated rings. The van der Waals surface area contributed by atoms with Gasteiger partial charge in [0.25, 0.3) is 0 Å². The topological polar surface area (TPSA) is 72.3 Å². The predicted molar refractivity (Wildman–Crippen MR) is 104 cm³/mol. The van der Waals surface area contributed by atoms with Crippen LogP contribution in [0.5, 0.6) is 0 Å². The Kier molecular flexibility index (Phi) is 7.47. The van der Waals surface area contributed by atoms with Crippen molar-refractivity contribution in [2.75, 3.05) is 13.1 Å². The molecular formula is C16H25IN6. The highest BCUT2D eigenvalue weighted by Gasteiger charge is 2.05. The minimum atomic E-state index is 0. The molecule has 0 atom stereocenters. The number of pyridine rings is 1. The zero-order valence-electron chi connectivity index (χ0n) is 14.2. The van der Waals surface area contributed by atoms with Crippen LogP contribution in [0.4, 0.5) is 0 Å². The molecule has 0 radical (unpaired) electrons. The van der Waals surface area contributed by atoms with Crippen molar-refractivity contribution >= 4 is 29.9 Å². The van der Waals surface area contributed by atoms with Crippen LogP contribution < -0.4 is 5.73 Å². The number of aliphatic imine (C=N–C) groups is 1. The lowest BCUT2D eigenvalue weighted by Crippen LogP contribution is -2.37.